The van der Waals surface area contributed by atoms with E-state index in [2.05, 4.69) is 10.0 Å². The molecule has 0 atom stereocenters. The number of carbonyl (C=O) groups excluding carboxylic acids is 1. The largest absolute Gasteiger partial charge is 0.322 e. The van der Waals surface area contributed by atoms with Crippen LogP contribution in [0.4, 0.5) is 5.69 Å². The molecule has 0 spiro atoms. The molecule has 0 bridgehead atoms. The zero-order chi connectivity index (χ0) is 18.6. The molecule has 26 heavy (non-hydrogen) atoms. The quantitative estimate of drug-likeness (QED) is 0.837. The molecular weight excluding hydrogens is 348 g/mol. The highest BCUT2D eigenvalue weighted by molar-refractivity contribution is 7.89. The molecule has 0 radical (unpaired) electrons. The van der Waals surface area contributed by atoms with Crippen LogP contribution in [-0.2, 0) is 10.0 Å². The van der Waals surface area contributed by atoms with Gasteiger partial charge in [-0.1, -0.05) is 43.5 Å². The van der Waals surface area contributed by atoms with Crippen molar-refractivity contribution >= 4 is 21.6 Å². The molecule has 1 fully saturated rings. The molecule has 1 amide bonds. The average Bonchev–Trinajstić information content (AvgIpc) is 2.63. The Balaban J connectivity index is 1.81. The van der Waals surface area contributed by atoms with Crippen molar-refractivity contribution < 1.29 is 13.2 Å². The lowest BCUT2D eigenvalue weighted by Crippen LogP contribution is -2.36. The van der Waals surface area contributed by atoms with Crippen molar-refractivity contribution in [3.05, 3.63) is 59.7 Å². The molecule has 138 valence electrons. The molecule has 2 aromatic rings. The molecule has 0 saturated heterocycles. The average molecular weight is 372 g/mol. The van der Waals surface area contributed by atoms with E-state index in [1.807, 2.05) is 18.2 Å². The van der Waals surface area contributed by atoms with Crippen molar-refractivity contribution in [3.63, 3.8) is 0 Å². The first-order chi connectivity index (χ1) is 12.5. The Morgan fingerprint density at radius 2 is 1.69 bits per heavy atom. The number of anilines is 1. The van der Waals surface area contributed by atoms with E-state index in [4.69, 9.17) is 0 Å². The number of para-hydroxylation sites is 1. The van der Waals surface area contributed by atoms with Gasteiger partial charge in [-0.15, -0.1) is 0 Å². The SMILES string of the molecule is Cc1ccc(C(=O)Nc2ccccc2)cc1S(=O)(=O)NC1CCCCC1. The maximum Gasteiger partial charge on any atom is 0.255 e. The Hall–Kier alpha value is -2.18. The van der Waals surface area contributed by atoms with Crippen LogP contribution >= 0.6 is 0 Å². The summed E-state index contributed by atoms with van der Waals surface area (Å²) in [6, 6.07) is 13.9. The van der Waals surface area contributed by atoms with E-state index in [9.17, 15) is 13.2 Å². The summed E-state index contributed by atoms with van der Waals surface area (Å²) in [6.45, 7) is 1.74. The monoisotopic (exact) mass is 372 g/mol. The second kappa shape index (κ2) is 8.01. The van der Waals surface area contributed by atoms with E-state index in [1.54, 1.807) is 31.2 Å². The van der Waals surface area contributed by atoms with Gasteiger partial charge in [-0.05, 0) is 49.6 Å². The van der Waals surface area contributed by atoms with Gasteiger partial charge in [0.15, 0.2) is 0 Å². The number of rotatable bonds is 5. The van der Waals surface area contributed by atoms with Crippen LogP contribution < -0.4 is 10.0 Å². The van der Waals surface area contributed by atoms with E-state index in [-0.39, 0.29) is 16.8 Å². The third kappa shape index (κ3) is 4.51. The van der Waals surface area contributed by atoms with Crippen LogP contribution in [0.15, 0.2) is 53.4 Å². The molecule has 3 rings (SSSR count). The predicted molar refractivity (Wildman–Crippen MR) is 103 cm³/mol. The highest BCUT2D eigenvalue weighted by Gasteiger charge is 2.24. The van der Waals surface area contributed by atoms with Gasteiger partial charge in [0, 0.05) is 17.3 Å². The van der Waals surface area contributed by atoms with Gasteiger partial charge < -0.3 is 5.32 Å². The third-order valence-electron chi connectivity index (χ3n) is 4.70. The minimum absolute atomic E-state index is 0.0186. The van der Waals surface area contributed by atoms with Crippen LogP contribution in [0, 0.1) is 6.92 Å². The fourth-order valence-corrected chi connectivity index (χ4v) is 4.83. The molecule has 1 aliphatic rings. The number of sulfonamides is 1. The van der Waals surface area contributed by atoms with Crippen LogP contribution in [0.1, 0.15) is 48.0 Å². The fourth-order valence-electron chi connectivity index (χ4n) is 3.26. The summed E-state index contributed by atoms with van der Waals surface area (Å²) in [6.07, 6.45) is 4.99. The molecule has 2 aromatic carbocycles. The second-order valence-corrected chi connectivity index (χ2v) is 8.44. The summed E-state index contributed by atoms with van der Waals surface area (Å²) in [5.74, 6) is -0.328. The molecule has 6 heteroatoms. The highest BCUT2D eigenvalue weighted by atomic mass is 32.2. The fraction of sp³-hybridized carbons (Fsp3) is 0.350. The van der Waals surface area contributed by atoms with E-state index in [1.165, 1.54) is 6.07 Å². The van der Waals surface area contributed by atoms with E-state index in [0.717, 1.165) is 32.1 Å². The first-order valence-corrected chi connectivity index (χ1v) is 10.4. The second-order valence-electron chi connectivity index (χ2n) is 6.76. The lowest BCUT2D eigenvalue weighted by atomic mass is 9.96. The molecule has 0 aliphatic heterocycles. The maximum absolute atomic E-state index is 12.8. The van der Waals surface area contributed by atoms with Gasteiger partial charge in [0.1, 0.15) is 0 Å². The lowest BCUT2D eigenvalue weighted by molar-refractivity contribution is 0.102. The summed E-state index contributed by atoms with van der Waals surface area (Å²) in [5.41, 5.74) is 1.62. The molecule has 2 N–H and O–H groups in total. The number of carbonyl (C=O) groups is 1. The molecule has 1 saturated carbocycles. The summed E-state index contributed by atoms with van der Waals surface area (Å²) in [7, 11) is -3.65. The summed E-state index contributed by atoms with van der Waals surface area (Å²) in [5, 5.41) is 2.78. The number of aryl methyl sites for hydroxylation is 1. The van der Waals surface area contributed by atoms with Gasteiger partial charge in [0.2, 0.25) is 10.0 Å². The third-order valence-corrected chi connectivity index (χ3v) is 6.36. The van der Waals surface area contributed by atoms with Crippen LogP contribution in [-0.4, -0.2) is 20.4 Å². The molecule has 0 aromatic heterocycles. The van der Waals surface area contributed by atoms with Crippen molar-refractivity contribution in [3.8, 4) is 0 Å². The minimum Gasteiger partial charge on any atom is -0.322 e. The normalized spacial score (nSPS) is 15.6. The smallest absolute Gasteiger partial charge is 0.255 e. The molecular formula is C20H24N2O3S. The van der Waals surface area contributed by atoms with Crippen molar-refractivity contribution in [1.29, 1.82) is 0 Å². The number of benzene rings is 2. The summed E-state index contributed by atoms with van der Waals surface area (Å²) in [4.78, 5) is 12.6. The number of hydrogen-bond acceptors (Lipinski definition) is 3. The Morgan fingerprint density at radius 3 is 2.38 bits per heavy atom. The van der Waals surface area contributed by atoms with Crippen molar-refractivity contribution in [2.45, 2.75) is 50.0 Å². The molecule has 0 heterocycles. The first kappa shape index (κ1) is 18.6. The molecule has 5 nitrogen and oxygen atoms in total. The zero-order valence-electron chi connectivity index (χ0n) is 14.9. The Labute approximate surface area is 154 Å². The van der Waals surface area contributed by atoms with Crippen molar-refractivity contribution in [2.75, 3.05) is 5.32 Å². The van der Waals surface area contributed by atoms with E-state index < -0.39 is 10.0 Å². The number of hydrogen-bond donors (Lipinski definition) is 2. The Kier molecular flexibility index (Phi) is 5.74. The van der Waals surface area contributed by atoms with Crippen LogP contribution in [0.3, 0.4) is 0 Å². The van der Waals surface area contributed by atoms with Gasteiger partial charge >= 0.3 is 0 Å². The Bertz CT molecular complexity index is 873. The summed E-state index contributed by atoms with van der Waals surface area (Å²) < 4.78 is 28.4. The minimum atomic E-state index is -3.65. The number of nitrogens with one attached hydrogen (secondary N) is 2. The lowest BCUT2D eigenvalue weighted by Gasteiger charge is -2.23. The Morgan fingerprint density at radius 1 is 1.00 bits per heavy atom. The standard InChI is InChI=1S/C20H24N2O3S/c1-15-12-13-16(20(23)21-17-8-4-2-5-9-17)14-19(15)26(24,25)22-18-10-6-3-7-11-18/h2,4-5,8-9,12-14,18,22H,3,6-7,10-11H2,1H3,(H,21,23). The van der Waals surface area contributed by atoms with Crippen LogP contribution in [0.2, 0.25) is 0 Å². The summed E-state index contributed by atoms with van der Waals surface area (Å²) >= 11 is 0. The first-order valence-electron chi connectivity index (χ1n) is 8.95. The predicted octanol–water partition coefficient (Wildman–Crippen LogP) is 3.86. The highest BCUT2D eigenvalue weighted by Crippen LogP contribution is 2.22. The topological polar surface area (TPSA) is 75.3 Å². The van der Waals surface area contributed by atoms with E-state index >= 15 is 0 Å². The van der Waals surface area contributed by atoms with Crippen molar-refractivity contribution in [2.24, 2.45) is 0 Å². The van der Waals surface area contributed by atoms with Gasteiger partial charge in [-0.25, -0.2) is 13.1 Å². The van der Waals surface area contributed by atoms with Crippen LogP contribution in [0.25, 0.3) is 0 Å². The maximum atomic E-state index is 12.8. The van der Waals surface area contributed by atoms with E-state index in [0.29, 0.717) is 16.8 Å². The van der Waals surface area contributed by atoms with Gasteiger partial charge in [-0.2, -0.15) is 0 Å². The number of amides is 1. The van der Waals surface area contributed by atoms with Crippen molar-refractivity contribution in [1.82, 2.24) is 4.72 Å². The van der Waals surface area contributed by atoms with Gasteiger partial charge in [0.25, 0.3) is 5.91 Å². The molecule has 1 aliphatic carbocycles. The van der Waals surface area contributed by atoms with Gasteiger partial charge in [0.05, 0.1) is 4.90 Å². The zero-order valence-corrected chi connectivity index (χ0v) is 15.7. The molecule has 0 unspecified atom stereocenters. The van der Waals surface area contributed by atoms with Gasteiger partial charge in [-0.3, -0.25) is 4.79 Å². The van der Waals surface area contributed by atoms with Crippen LogP contribution in [0.5, 0.6) is 0 Å².